The van der Waals surface area contributed by atoms with Crippen LogP contribution in [-0.2, 0) is 25.8 Å². The lowest BCUT2D eigenvalue weighted by molar-refractivity contribution is -0.661. The number of fused-ring (bicyclic) bond motifs is 2. The van der Waals surface area contributed by atoms with E-state index in [1.165, 1.54) is 35.6 Å². The number of aliphatic carboxylic acids is 1. The van der Waals surface area contributed by atoms with E-state index in [-0.39, 0.29) is 35.3 Å². The SMILES string of the molecule is CO/N=C(\C(=O)NC1C(=O)N2C(C(=O)[O-])=C(C[n+]3cccc4c(NCC#N)csc43)CS[C@H]12)c1csc(N)n1. The first-order valence-electron chi connectivity index (χ1n) is 11.4. The van der Waals surface area contributed by atoms with E-state index in [0.29, 0.717) is 11.3 Å². The molecule has 3 aromatic heterocycles. The monoisotopic (exact) mass is 584 g/mol. The van der Waals surface area contributed by atoms with E-state index < -0.39 is 29.2 Å². The number of carboxylic acid groups (broad SMARTS) is 1. The molecule has 0 aromatic carbocycles. The van der Waals surface area contributed by atoms with Crippen molar-refractivity contribution >= 4 is 79.0 Å². The van der Waals surface area contributed by atoms with Gasteiger partial charge in [-0.1, -0.05) is 16.5 Å². The number of oxime groups is 1. The molecular weight excluding hydrogens is 565 g/mol. The first kappa shape index (κ1) is 26.4. The van der Waals surface area contributed by atoms with Crippen molar-refractivity contribution in [2.45, 2.75) is 18.0 Å². The Morgan fingerprint density at radius 3 is 2.92 bits per heavy atom. The predicted molar refractivity (Wildman–Crippen MR) is 143 cm³/mol. The lowest BCUT2D eigenvalue weighted by Gasteiger charge is -2.50. The van der Waals surface area contributed by atoms with E-state index in [4.69, 9.17) is 15.8 Å². The normalized spacial score (nSPS) is 18.8. The van der Waals surface area contributed by atoms with Crippen LogP contribution in [0, 0.1) is 11.3 Å². The summed E-state index contributed by atoms with van der Waals surface area (Å²) in [7, 11) is 1.27. The largest absolute Gasteiger partial charge is 0.543 e. The highest BCUT2D eigenvalue weighted by Crippen LogP contribution is 2.40. The number of β-lactam (4-membered cyclic amide) rings is 1. The number of nitrogens with two attached hydrogens (primary N) is 1. The topological polar surface area (TPSA) is 190 Å². The van der Waals surface area contributed by atoms with E-state index in [0.717, 1.165) is 32.1 Å². The van der Waals surface area contributed by atoms with Crippen LogP contribution in [-0.4, -0.2) is 64.2 Å². The van der Waals surface area contributed by atoms with Crippen molar-refractivity contribution in [3.05, 3.63) is 46.1 Å². The van der Waals surface area contributed by atoms with Gasteiger partial charge in [0.15, 0.2) is 23.6 Å². The smallest absolute Gasteiger partial charge is 0.276 e. The van der Waals surface area contributed by atoms with Crippen molar-refractivity contribution in [2.75, 3.05) is 30.5 Å². The molecule has 1 fully saturated rings. The molecule has 39 heavy (non-hydrogen) atoms. The van der Waals surface area contributed by atoms with E-state index in [9.17, 15) is 19.5 Å². The highest BCUT2D eigenvalue weighted by atomic mass is 32.2. The number of nitrogen functional groups attached to an aromatic ring is 1. The number of hydrogen-bond acceptors (Lipinski definition) is 13. The van der Waals surface area contributed by atoms with Gasteiger partial charge in [0.25, 0.3) is 16.6 Å². The fourth-order valence-electron chi connectivity index (χ4n) is 4.35. The van der Waals surface area contributed by atoms with Crippen LogP contribution < -0.4 is 26.0 Å². The van der Waals surface area contributed by atoms with Crippen LogP contribution in [0.4, 0.5) is 10.8 Å². The number of nitrogens with one attached hydrogen (secondary N) is 2. The quantitative estimate of drug-likeness (QED) is 0.0982. The number of nitriles is 1. The minimum atomic E-state index is -1.47. The van der Waals surface area contributed by atoms with E-state index >= 15 is 0 Å². The van der Waals surface area contributed by atoms with Gasteiger partial charge in [-0.3, -0.25) is 14.5 Å². The third-order valence-electron chi connectivity index (χ3n) is 6.01. The third kappa shape index (κ3) is 4.87. The molecule has 2 aliphatic heterocycles. The van der Waals surface area contributed by atoms with Gasteiger partial charge in [-0.2, -0.15) is 9.83 Å². The molecule has 5 heterocycles. The Morgan fingerprint density at radius 2 is 2.23 bits per heavy atom. The number of thiazole rings is 1. The van der Waals surface area contributed by atoms with Crippen molar-refractivity contribution < 1.29 is 28.9 Å². The average Bonchev–Trinajstić information content (AvgIpc) is 3.55. The van der Waals surface area contributed by atoms with Gasteiger partial charge in [0.2, 0.25) is 0 Å². The van der Waals surface area contributed by atoms with Crippen LogP contribution in [0.3, 0.4) is 0 Å². The second-order valence-corrected chi connectivity index (χ2v) is 11.2. The Balaban J connectivity index is 1.37. The summed E-state index contributed by atoms with van der Waals surface area (Å²) in [6.45, 7) is 0.374. The maximum Gasteiger partial charge on any atom is 0.276 e. The highest BCUT2D eigenvalue weighted by molar-refractivity contribution is 8.00. The number of amides is 2. The van der Waals surface area contributed by atoms with Gasteiger partial charge in [0.1, 0.15) is 30.8 Å². The molecule has 2 aliphatic rings. The van der Waals surface area contributed by atoms with Gasteiger partial charge >= 0.3 is 0 Å². The number of carboxylic acids is 1. The van der Waals surface area contributed by atoms with Gasteiger partial charge in [0, 0.05) is 28.2 Å². The Morgan fingerprint density at radius 1 is 1.41 bits per heavy atom. The average molecular weight is 585 g/mol. The zero-order valence-electron chi connectivity index (χ0n) is 20.2. The highest BCUT2D eigenvalue weighted by Gasteiger charge is 2.53. The maximum atomic E-state index is 13.1. The van der Waals surface area contributed by atoms with Crippen molar-refractivity contribution in [1.82, 2.24) is 15.2 Å². The van der Waals surface area contributed by atoms with Gasteiger partial charge in [-0.25, -0.2) is 4.98 Å². The molecule has 0 aliphatic carbocycles. The number of thiophene rings is 1. The number of anilines is 2. The Hall–Kier alpha value is -4.20. The van der Waals surface area contributed by atoms with Crippen LogP contribution >= 0.6 is 34.4 Å². The van der Waals surface area contributed by atoms with E-state index in [1.54, 1.807) is 0 Å². The van der Waals surface area contributed by atoms with Crippen molar-refractivity contribution in [1.29, 1.82) is 5.26 Å². The third-order valence-corrected chi connectivity index (χ3v) is 9.05. The summed E-state index contributed by atoms with van der Waals surface area (Å²) in [5.41, 5.74) is 6.82. The van der Waals surface area contributed by atoms with Crippen LogP contribution in [0.15, 0.2) is 45.5 Å². The summed E-state index contributed by atoms with van der Waals surface area (Å²) in [6.07, 6.45) is 1.83. The minimum absolute atomic E-state index is 0.155. The molecule has 5 rings (SSSR count). The number of carbonyl (C=O) groups is 3. The second kappa shape index (κ2) is 10.9. The Labute approximate surface area is 233 Å². The number of rotatable bonds is 9. The number of hydrogen-bond donors (Lipinski definition) is 3. The van der Waals surface area contributed by atoms with E-state index in [1.807, 2.05) is 34.3 Å². The summed E-state index contributed by atoms with van der Waals surface area (Å²) in [5.74, 6) is -2.44. The molecule has 0 spiro atoms. The first-order chi connectivity index (χ1) is 18.8. The van der Waals surface area contributed by atoms with Crippen LogP contribution in [0.2, 0.25) is 0 Å². The molecule has 2 amide bonds. The molecule has 0 radical (unpaired) electrons. The molecule has 0 bridgehead atoms. The van der Waals surface area contributed by atoms with Crippen LogP contribution in [0.5, 0.6) is 0 Å². The molecule has 2 atom stereocenters. The second-order valence-electron chi connectivity index (χ2n) is 8.31. The standard InChI is InChI=1S/C23H20N8O5S3/c1-36-29-15(14-10-39-23(25)27-14)18(32)28-16-19(33)31-17(22(34)35)11(8-37-21(16)31)7-30-6-2-3-12-13(26-5-4-24)9-38-20(12)30/h2-3,6,9-10,16,21,26H,5,7-8H2,1H3,(H3-,25,27,28,32,34,35)/b29-15-/t16?,21-/m1/s1. The molecule has 0 saturated carbocycles. The molecule has 200 valence electrons. The number of nitrogens with zero attached hydrogens (tertiary/aromatic N) is 5. The summed E-state index contributed by atoms with van der Waals surface area (Å²) < 4.78 is 1.90. The van der Waals surface area contributed by atoms with Crippen LogP contribution in [0.1, 0.15) is 5.69 Å². The first-order valence-corrected chi connectivity index (χ1v) is 14.2. The summed E-state index contributed by atoms with van der Waals surface area (Å²) in [6, 6.07) is 4.82. The molecule has 13 nitrogen and oxygen atoms in total. The van der Waals surface area contributed by atoms with Gasteiger partial charge in [-0.05, 0) is 6.07 Å². The molecule has 4 N–H and O–H groups in total. The molecule has 1 unspecified atom stereocenters. The number of pyridine rings is 1. The van der Waals surface area contributed by atoms with Gasteiger partial charge in [-0.15, -0.1) is 23.1 Å². The zero-order valence-corrected chi connectivity index (χ0v) is 22.7. The van der Waals surface area contributed by atoms with Gasteiger partial charge in [0.05, 0.1) is 28.8 Å². The fraction of sp³-hybridized carbons (Fsp3) is 0.261. The molecule has 3 aromatic rings. The summed E-state index contributed by atoms with van der Waals surface area (Å²) in [5, 5.41) is 34.4. The number of thioether (sulfide) groups is 1. The summed E-state index contributed by atoms with van der Waals surface area (Å²) in [4.78, 5) is 49.1. The minimum Gasteiger partial charge on any atom is -0.543 e. The van der Waals surface area contributed by atoms with E-state index in [2.05, 4.69) is 20.8 Å². The zero-order chi connectivity index (χ0) is 27.7. The Kier molecular flexibility index (Phi) is 7.37. The molecular formula is C23H20N8O5S3. The molecule has 1 saturated heterocycles. The predicted octanol–water partition coefficient (Wildman–Crippen LogP) is -0.382. The van der Waals surface area contributed by atoms with Gasteiger partial charge < -0.3 is 31.1 Å². The maximum absolute atomic E-state index is 13.1. The van der Waals surface area contributed by atoms with Crippen molar-refractivity contribution in [2.24, 2.45) is 5.16 Å². The lowest BCUT2D eigenvalue weighted by atomic mass is 10.0. The molecule has 16 heteroatoms. The summed E-state index contributed by atoms with van der Waals surface area (Å²) >= 11 is 3.91. The van der Waals surface area contributed by atoms with Crippen molar-refractivity contribution in [3.63, 3.8) is 0 Å². The van der Waals surface area contributed by atoms with Crippen LogP contribution in [0.25, 0.3) is 10.2 Å². The number of carbonyl (C=O) groups excluding carboxylic acids is 3. The fourth-order valence-corrected chi connectivity index (χ4v) is 7.24. The lowest BCUT2D eigenvalue weighted by Crippen LogP contribution is -2.71. The Bertz CT molecular complexity index is 1590. The van der Waals surface area contributed by atoms with Crippen molar-refractivity contribution in [3.8, 4) is 6.07 Å². The number of aromatic nitrogens is 2.